The minimum Gasteiger partial charge on any atom is -0.478 e. The molecule has 0 bridgehead atoms. The average Bonchev–Trinajstić information content (AvgIpc) is 2.79. The molecule has 1 fully saturated rings. The predicted octanol–water partition coefficient (Wildman–Crippen LogP) is 2.97. The molecule has 0 aromatic carbocycles. The molecule has 0 amide bonds. The lowest BCUT2D eigenvalue weighted by Gasteiger charge is -2.15. The standard InChI is InChI=1S/C11H11Cl2NO3/c12-8-7(11(16)17)5-14(10(15)9(8)13)6-3-1-2-4-6/h5-6H,1-4H2,(H,16,17). The summed E-state index contributed by atoms with van der Waals surface area (Å²) in [5.41, 5.74) is -0.531. The summed E-state index contributed by atoms with van der Waals surface area (Å²) < 4.78 is 1.41. The van der Waals surface area contributed by atoms with Gasteiger partial charge in [-0.05, 0) is 12.8 Å². The lowest BCUT2D eigenvalue weighted by Crippen LogP contribution is -2.25. The van der Waals surface area contributed by atoms with Crippen molar-refractivity contribution in [2.45, 2.75) is 31.7 Å². The van der Waals surface area contributed by atoms with Crippen LogP contribution in [0.15, 0.2) is 11.0 Å². The number of aromatic nitrogens is 1. The molecular formula is C11H11Cl2NO3. The van der Waals surface area contributed by atoms with E-state index in [-0.39, 0.29) is 21.7 Å². The topological polar surface area (TPSA) is 59.3 Å². The minimum absolute atomic E-state index is 0.0374. The first-order chi connectivity index (χ1) is 8.02. The molecule has 1 heterocycles. The van der Waals surface area contributed by atoms with Gasteiger partial charge in [0.15, 0.2) is 0 Å². The lowest BCUT2D eigenvalue weighted by molar-refractivity contribution is 0.0696. The average molecular weight is 276 g/mol. The molecule has 1 aliphatic carbocycles. The molecule has 0 spiro atoms. The normalized spacial score (nSPS) is 16.4. The molecule has 0 unspecified atom stereocenters. The third-order valence-electron chi connectivity index (χ3n) is 3.07. The summed E-state index contributed by atoms with van der Waals surface area (Å²) in [6.07, 6.45) is 5.13. The van der Waals surface area contributed by atoms with Gasteiger partial charge in [0.25, 0.3) is 5.56 Å². The molecule has 0 radical (unpaired) electrons. The first-order valence-corrected chi connectivity index (χ1v) is 6.11. The van der Waals surface area contributed by atoms with Crippen molar-refractivity contribution in [2.75, 3.05) is 0 Å². The zero-order chi connectivity index (χ0) is 12.6. The van der Waals surface area contributed by atoms with Crippen LogP contribution in [0.1, 0.15) is 42.1 Å². The number of aromatic carboxylic acids is 1. The zero-order valence-corrected chi connectivity index (χ0v) is 10.5. The largest absolute Gasteiger partial charge is 0.478 e. The van der Waals surface area contributed by atoms with Gasteiger partial charge in [-0.25, -0.2) is 4.79 Å². The summed E-state index contributed by atoms with van der Waals surface area (Å²) in [6.45, 7) is 0. The van der Waals surface area contributed by atoms with Gasteiger partial charge < -0.3 is 9.67 Å². The highest BCUT2D eigenvalue weighted by Gasteiger charge is 2.23. The van der Waals surface area contributed by atoms with E-state index in [1.807, 2.05) is 0 Å². The number of carbonyl (C=O) groups is 1. The second-order valence-electron chi connectivity index (χ2n) is 4.13. The first kappa shape index (κ1) is 12.5. The van der Waals surface area contributed by atoms with Crippen LogP contribution in [0.2, 0.25) is 10.0 Å². The van der Waals surface area contributed by atoms with Crippen molar-refractivity contribution in [2.24, 2.45) is 0 Å². The van der Waals surface area contributed by atoms with Gasteiger partial charge in [-0.1, -0.05) is 36.0 Å². The molecule has 0 atom stereocenters. The quantitative estimate of drug-likeness (QED) is 0.903. The predicted molar refractivity (Wildman–Crippen MR) is 65.2 cm³/mol. The van der Waals surface area contributed by atoms with Gasteiger partial charge in [0.2, 0.25) is 0 Å². The summed E-state index contributed by atoms with van der Waals surface area (Å²) in [6, 6.07) is 0.0374. The molecule has 0 aliphatic heterocycles. The fourth-order valence-electron chi connectivity index (χ4n) is 2.18. The van der Waals surface area contributed by atoms with Crippen LogP contribution in [0.5, 0.6) is 0 Å². The maximum absolute atomic E-state index is 11.9. The number of rotatable bonds is 2. The Morgan fingerprint density at radius 3 is 2.41 bits per heavy atom. The molecule has 6 heteroatoms. The van der Waals surface area contributed by atoms with Crippen LogP contribution in [-0.4, -0.2) is 15.6 Å². The maximum Gasteiger partial charge on any atom is 0.338 e. The summed E-state index contributed by atoms with van der Waals surface area (Å²) >= 11 is 11.5. The van der Waals surface area contributed by atoms with E-state index in [1.165, 1.54) is 10.8 Å². The van der Waals surface area contributed by atoms with Gasteiger partial charge in [-0.3, -0.25) is 4.79 Å². The highest BCUT2D eigenvalue weighted by atomic mass is 35.5. The number of pyridine rings is 1. The molecule has 1 N–H and O–H groups in total. The highest BCUT2D eigenvalue weighted by Crippen LogP contribution is 2.30. The lowest BCUT2D eigenvalue weighted by atomic mass is 10.2. The molecule has 1 saturated carbocycles. The van der Waals surface area contributed by atoms with E-state index in [2.05, 4.69) is 0 Å². The number of nitrogens with zero attached hydrogens (tertiary/aromatic N) is 1. The van der Waals surface area contributed by atoms with Crippen LogP contribution in [0, 0.1) is 0 Å². The molecule has 2 rings (SSSR count). The second kappa shape index (κ2) is 4.70. The van der Waals surface area contributed by atoms with Crippen LogP contribution >= 0.6 is 23.2 Å². The summed E-state index contributed by atoms with van der Waals surface area (Å²) in [5, 5.41) is 8.60. The van der Waals surface area contributed by atoms with Gasteiger partial charge in [0.1, 0.15) is 5.02 Å². The smallest absolute Gasteiger partial charge is 0.338 e. The van der Waals surface area contributed by atoms with E-state index < -0.39 is 11.5 Å². The molecule has 92 valence electrons. The minimum atomic E-state index is -1.18. The van der Waals surface area contributed by atoms with Crippen molar-refractivity contribution in [1.82, 2.24) is 4.57 Å². The molecule has 0 saturated heterocycles. The Morgan fingerprint density at radius 1 is 1.29 bits per heavy atom. The van der Waals surface area contributed by atoms with Gasteiger partial charge in [0.05, 0.1) is 10.6 Å². The van der Waals surface area contributed by atoms with Crippen molar-refractivity contribution in [1.29, 1.82) is 0 Å². The Morgan fingerprint density at radius 2 is 1.88 bits per heavy atom. The van der Waals surface area contributed by atoms with Gasteiger partial charge in [0, 0.05) is 12.2 Å². The molecule has 17 heavy (non-hydrogen) atoms. The molecule has 1 aromatic rings. The number of carboxylic acid groups (broad SMARTS) is 1. The van der Waals surface area contributed by atoms with Crippen LogP contribution in [0.25, 0.3) is 0 Å². The van der Waals surface area contributed by atoms with Gasteiger partial charge in [-0.15, -0.1) is 0 Å². The van der Waals surface area contributed by atoms with E-state index in [0.717, 1.165) is 25.7 Å². The van der Waals surface area contributed by atoms with E-state index in [1.54, 1.807) is 0 Å². The highest BCUT2D eigenvalue weighted by molar-refractivity contribution is 6.43. The summed E-state index contributed by atoms with van der Waals surface area (Å²) in [7, 11) is 0. The van der Waals surface area contributed by atoms with Crippen molar-refractivity contribution in [3.05, 3.63) is 32.2 Å². The Kier molecular flexibility index (Phi) is 3.45. The van der Waals surface area contributed by atoms with Crippen LogP contribution in [0.4, 0.5) is 0 Å². The monoisotopic (exact) mass is 275 g/mol. The number of carboxylic acids is 1. The fraction of sp³-hybridized carbons (Fsp3) is 0.455. The summed E-state index contributed by atoms with van der Waals surface area (Å²) in [5.74, 6) is -1.18. The molecule has 1 aromatic heterocycles. The van der Waals surface area contributed by atoms with E-state index in [0.29, 0.717) is 0 Å². The fourth-order valence-corrected chi connectivity index (χ4v) is 2.59. The Hall–Kier alpha value is -1.00. The second-order valence-corrected chi connectivity index (χ2v) is 4.88. The Balaban J connectivity index is 2.59. The van der Waals surface area contributed by atoms with Crippen molar-refractivity contribution < 1.29 is 9.90 Å². The number of hydrogen-bond acceptors (Lipinski definition) is 2. The summed E-state index contributed by atoms with van der Waals surface area (Å²) in [4.78, 5) is 22.9. The first-order valence-electron chi connectivity index (χ1n) is 5.35. The molecule has 4 nitrogen and oxygen atoms in total. The maximum atomic E-state index is 11.9. The Labute approximate surface area is 108 Å². The van der Waals surface area contributed by atoms with Gasteiger partial charge >= 0.3 is 5.97 Å². The molecule has 1 aliphatic rings. The third kappa shape index (κ3) is 2.19. The van der Waals surface area contributed by atoms with Crippen molar-refractivity contribution in [3.63, 3.8) is 0 Å². The van der Waals surface area contributed by atoms with Crippen LogP contribution < -0.4 is 5.56 Å². The van der Waals surface area contributed by atoms with E-state index in [4.69, 9.17) is 28.3 Å². The SMILES string of the molecule is O=C(O)c1cn(C2CCCC2)c(=O)c(Cl)c1Cl. The van der Waals surface area contributed by atoms with E-state index in [9.17, 15) is 9.59 Å². The molecular weight excluding hydrogens is 265 g/mol. The number of halogens is 2. The van der Waals surface area contributed by atoms with Gasteiger partial charge in [-0.2, -0.15) is 0 Å². The van der Waals surface area contributed by atoms with Crippen LogP contribution in [0.3, 0.4) is 0 Å². The van der Waals surface area contributed by atoms with Crippen molar-refractivity contribution in [3.8, 4) is 0 Å². The number of hydrogen-bond donors (Lipinski definition) is 1. The van der Waals surface area contributed by atoms with E-state index >= 15 is 0 Å². The Bertz CT molecular complexity index is 518. The van der Waals surface area contributed by atoms with Crippen LogP contribution in [-0.2, 0) is 0 Å². The third-order valence-corrected chi connectivity index (χ3v) is 3.91. The van der Waals surface area contributed by atoms with Crippen molar-refractivity contribution >= 4 is 29.2 Å². The zero-order valence-electron chi connectivity index (χ0n) is 8.95.